The van der Waals surface area contributed by atoms with E-state index in [4.69, 9.17) is 11.6 Å². The Morgan fingerprint density at radius 1 is 1.33 bits per heavy atom. The minimum atomic E-state index is 0.482. The normalized spacial score (nSPS) is 11.3. The van der Waals surface area contributed by atoms with Crippen LogP contribution in [0, 0.1) is 0 Å². The lowest BCUT2D eigenvalue weighted by Gasteiger charge is -2.11. The number of aromatic nitrogens is 2. The van der Waals surface area contributed by atoms with Crippen molar-refractivity contribution in [2.24, 2.45) is 0 Å². The fourth-order valence-corrected chi connectivity index (χ4v) is 2.59. The standard InChI is InChI=1S/C17H24ClN3/c1-4-6-17-15(10-19-13(2)3)11-20-21(17)12-14-7-5-8-16(18)9-14/h5,7-9,11,13,19H,4,6,10,12H2,1-3H3. The fraction of sp³-hybridized carbons (Fsp3) is 0.471. The summed E-state index contributed by atoms with van der Waals surface area (Å²) in [6.45, 7) is 8.18. The Kier molecular flexibility index (Phi) is 5.83. The molecule has 0 bridgehead atoms. The molecule has 1 heterocycles. The van der Waals surface area contributed by atoms with Gasteiger partial charge in [0.2, 0.25) is 0 Å². The molecule has 0 saturated carbocycles. The van der Waals surface area contributed by atoms with Gasteiger partial charge in [0.05, 0.1) is 12.7 Å². The van der Waals surface area contributed by atoms with Crippen LogP contribution < -0.4 is 5.32 Å². The molecule has 3 nitrogen and oxygen atoms in total. The first-order valence-corrected chi connectivity index (χ1v) is 7.99. The van der Waals surface area contributed by atoms with Crippen molar-refractivity contribution in [1.29, 1.82) is 0 Å². The number of halogens is 1. The van der Waals surface area contributed by atoms with E-state index >= 15 is 0 Å². The van der Waals surface area contributed by atoms with Crippen LogP contribution in [0.2, 0.25) is 5.02 Å². The van der Waals surface area contributed by atoms with Crippen LogP contribution in [0.4, 0.5) is 0 Å². The van der Waals surface area contributed by atoms with E-state index in [9.17, 15) is 0 Å². The Morgan fingerprint density at radius 2 is 2.14 bits per heavy atom. The lowest BCUT2D eigenvalue weighted by molar-refractivity contribution is 0.580. The van der Waals surface area contributed by atoms with Crippen LogP contribution in [0.25, 0.3) is 0 Å². The van der Waals surface area contributed by atoms with Crippen LogP contribution in [-0.4, -0.2) is 15.8 Å². The molecule has 114 valence electrons. The second-order valence-electron chi connectivity index (χ2n) is 5.69. The topological polar surface area (TPSA) is 29.9 Å². The monoisotopic (exact) mass is 305 g/mol. The first-order valence-electron chi connectivity index (χ1n) is 7.61. The first-order chi connectivity index (χ1) is 10.1. The Hall–Kier alpha value is -1.32. The molecule has 1 aromatic heterocycles. The molecule has 0 unspecified atom stereocenters. The SMILES string of the molecule is CCCc1c(CNC(C)C)cnn1Cc1cccc(Cl)c1. The van der Waals surface area contributed by atoms with Crippen LogP contribution in [0.5, 0.6) is 0 Å². The van der Waals surface area contributed by atoms with Gasteiger partial charge in [-0.05, 0) is 24.1 Å². The molecule has 0 fully saturated rings. The summed E-state index contributed by atoms with van der Waals surface area (Å²) in [5.41, 5.74) is 3.81. The highest BCUT2D eigenvalue weighted by molar-refractivity contribution is 6.30. The number of benzene rings is 1. The molecule has 0 aliphatic heterocycles. The number of hydrogen-bond donors (Lipinski definition) is 1. The van der Waals surface area contributed by atoms with Gasteiger partial charge in [-0.15, -0.1) is 0 Å². The third-order valence-electron chi connectivity index (χ3n) is 3.44. The second-order valence-corrected chi connectivity index (χ2v) is 6.13. The minimum Gasteiger partial charge on any atom is -0.310 e. The van der Waals surface area contributed by atoms with Gasteiger partial charge in [0.1, 0.15) is 0 Å². The first kappa shape index (κ1) is 16.1. The minimum absolute atomic E-state index is 0.482. The molecule has 2 rings (SSSR count). The highest BCUT2D eigenvalue weighted by Crippen LogP contribution is 2.16. The van der Waals surface area contributed by atoms with Crippen molar-refractivity contribution in [3.8, 4) is 0 Å². The summed E-state index contributed by atoms with van der Waals surface area (Å²) in [5, 5.41) is 8.82. The summed E-state index contributed by atoms with van der Waals surface area (Å²) >= 11 is 6.06. The van der Waals surface area contributed by atoms with Crippen LogP contribution in [-0.2, 0) is 19.5 Å². The van der Waals surface area contributed by atoms with Crippen molar-refractivity contribution in [2.75, 3.05) is 0 Å². The summed E-state index contributed by atoms with van der Waals surface area (Å²) in [7, 11) is 0. The molecule has 0 radical (unpaired) electrons. The third-order valence-corrected chi connectivity index (χ3v) is 3.68. The predicted molar refractivity (Wildman–Crippen MR) is 88.8 cm³/mol. The number of hydrogen-bond acceptors (Lipinski definition) is 2. The van der Waals surface area contributed by atoms with Gasteiger partial charge in [0.25, 0.3) is 0 Å². The van der Waals surface area contributed by atoms with E-state index in [1.54, 1.807) is 0 Å². The molecule has 1 aromatic carbocycles. The van der Waals surface area contributed by atoms with Gasteiger partial charge in [0, 0.05) is 28.9 Å². The zero-order valence-electron chi connectivity index (χ0n) is 13.1. The lowest BCUT2D eigenvalue weighted by atomic mass is 10.1. The van der Waals surface area contributed by atoms with E-state index in [1.807, 2.05) is 24.4 Å². The molecular formula is C17H24ClN3. The molecule has 0 atom stereocenters. The molecule has 0 aliphatic carbocycles. The van der Waals surface area contributed by atoms with Crippen LogP contribution in [0.1, 0.15) is 44.0 Å². The number of nitrogens with one attached hydrogen (secondary N) is 1. The quantitative estimate of drug-likeness (QED) is 0.837. The molecular weight excluding hydrogens is 282 g/mol. The van der Waals surface area contributed by atoms with E-state index < -0.39 is 0 Å². The maximum absolute atomic E-state index is 6.06. The fourth-order valence-electron chi connectivity index (χ4n) is 2.38. The Morgan fingerprint density at radius 3 is 2.81 bits per heavy atom. The summed E-state index contributed by atoms with van der Waals surface area (Å²) in [5.74, 6) is 0. The molecule has 4 heteroatoms. The van der Waals surface area contributed by atoms with Gasteiger partial charge in [-0.25, -0.2) is 0 Å². The Bertz CT molecular complexity index is 575. The summed E-state index contributed by atoms with van der Waals surface area (Å²) in [6.07, 6.45) is 4.16. The number of rotatable bonds is 7. The predicted octanol–water partition coefficient (Wildman–Crippen LogP) is 4.04. The lowest BCUT2D eigenvalue weighted by Crippen LogP contribution is -2.22. The van der Waals surface area contributed by atoms with Crippen molar-refractivity contribution in [3.05, 3.63) is 52.3 Å². The third kappa shape index (κ3) is 4.58. The molecule has 1 N–H and O–H groups in total. The van der Waals surface area contributed by atoms with Crippen molar-refractivity contribution < 1.29 is 0 Å². The van der Waals surface area contributed by atoms with Gasteiger partial charge >= 0.3 is 0 Å². The molecule has 2 aromatic rings. The van der Waals surface area contributed by atoms with E-state index in [1.165, 1.54) is 16.8 Å². The van der Waals surface area contributed by atoms with Gasteiger partial charge in [-0.3, -0.25) is 4.68 Å². The average molecular weight is 306 g/mol. The summed E-state index contributed by atoms with van der Waals surface area (Å²) < 4.78 is 2.10. The van der Waals surface area contributed by atoms with Crippen LogP contribution >= 0.6 is 11.6 Å². The van der Waals surface area contributed by atoms with E-state index in [0.29, 0.717) is 6.04 Å². The highest BCUT2D eigenvalue weighted by Gasteiger charge is 2.11. The zero-order valence-corrected chi connectivity index (χ0v) is 13.8. The molecule has 0 aliphatic rings. The summed E-state index contributed by atoms with van der Waals surface area (Å²) in [4.78, 5) is 0. The molecule has 0 amide bonds. The maximum Gasteiger partial charge on any atom is 0.0663 e. The van der Waals surface area contributed by atoms with Crippen LogP contribution in [0.3, 0.4) is 0 Å². The Balaban J connectivity index is 2.18. The molecule has 0 saturated heterocycles. The molecule has 0 spiro atoms. The van der Waals surface area contributed by atoms with Gasteiger partial charge in [-0.2, -0.15) is 5.10 Å². The maximum atomic E-state index is 6.06. The smallest absolute Gasteiger partial charge is 0.0663 e. The van der Waals surface area contributed by atoms with E-state index in [0.717, 1.165) is 31.0 Å². The highest BCUT2D eigenvalue weighted by atomic mass is 35.5. The summed E-state index contributed by atoms with van der Waals surface area (Å²) in [6, 6.07) is 8.47. The number of nitrogens with zero attached hydrogens (tertiary/aromatic N) is 2. The largest absolute Gasteiger partial charge is 0.310 e. The van der Waals surface area contributed by atoms with E-state index in [-0.39, 0.29) is 0 Å². The Labute approximate surface area is 132 Å². The van der Waals surface area contributed by atoms with Crippen molar-refractivity contribution in [3.63, 3.8) is 0 Å². The second kappa shape index (κ2) is 7.62. The van der Waals surface area contributed by atoms with Crippen molar-refractivity contribution in [2.45, 2.75) is 52.7 Å². The molecule has 21 heavy (non-hydrogen) atoms. The zero-order chi connectivity index (χ0) is 15.2. The van der Waals surface area contributed by atoms with Gasteiger partial charge < -0.3 is 5.32 Å². The van der Waals surface area contributed by atoms with Crippen LogP contribution in [0.15, 0.2) is 30.5 Å². The van der Waals surface area contributed by atoms with Gasteiger partial charge in [-0.1, -0.05) is 50.9 Å². The van der Waals surface area contributed by atoms with E-state index in [2.05, 4.69) is 41.9 Å². The van der Waals surface area contributed by atoms with Crippen molar-refractivity contribution in [1.82, 2.24) is 15.1 Å². The van der Waals surface area contributed by atoms with Gasteiger partial charge in [0.15, 0.2) is 0 Å². The average Bonchev–Trinajstić information content (AvgIpc) is 2.80. The van der Waals surface area contributed by atoms with Crippen molar-refractivity contribution >= 4 is 11.6 Å².